The molecule has 6 heteroatoms. The van der Waals surface area contributed by atoms with Crippen LogP contribution >= 0.6 is 0 Å². The van der Waals surface area contributed by atoms with E-state index in [1.54, 1.807) is 12.0 Å². The fraction of sp³-hybridized carbons (Fsp3) is 0.875. The van der Waals surface area contributed by atoms with Crippen LogP contribution in [0, 0.1) is 11.3 Å². The van der Waals surface area contributed by atoms with Gasteiger partial charge in [0.2, 0.25) is 11.8 Å². The Morgan fingerprint density at radius 2 is 2.14 bits per heavy atom. The molecule has 1 atom stereocenters. The van der Waals surface area contributed by atoms with Crippen LogP contribution in [0.1, 0.15) is 25.7 Å². The fourth-order valence-corrected chi connectivity index (χ4v) is 4.04. The lowest BCUT2D eigenvalue weighted by atomic mass is 9.77. The molecule has 2 amide bonds. The quantitative estimate of drug-likeness (QED) is 0.799. The van der Waals surface area contributed by atoms with Gasteiger partial charge in [0, 0.05) is 46.3 Å². The van der Waals surface area contributed by atoms with Crippen LogP contribution in [0.2, 0.25) is 0 Å². The predicted molar refractivity (Wildman–Crippen MR) is 82.3 cm³/mol. The maximum absolute atomic E-state index is 12.7. The first kappa shape index (κ1) is 15.7. The summed E-state index contributed by atoms with van der Waals surface area (Å²) in [7, 11) is 1.63. The van der Waals surface area contributed by atoms with E-state index in [9.17, 15) is 9.59 Å². The van der Waals surface area contributed by atoms with E-state index in [-0.39, 0.29) is 17.7 Å². The summed E-state index contributed by atoms with van der Waals surface area (Å²) in [4.78, 5) is 28.4. The molecule has 0 aromatic rings. The summed E-state index contributed by atoms with van der Waals surface area (Å²) in [5, 5.41) is 3.45. The Kier molecular flexibility index (Phi) is 4.68. The maximum atomic E-state index is 12.7. The van der Waals surface area contributed by atoms with E-state index >= 15 is 0 Å². The highest BCUT2D eigenvalue weighted by Gasteiger charge is 2.41. The number of piperidine rings is 1. The zero-order valence-corrected chi connectivity index (χ0v) is 13.5. The Bertz CT molecular complexity index is 424. The molecular formula is C16H27N3O3. The van der Waals surface area contributed by atoms with Gasteiger partial charge in [0.25, 0.3) is 0 Å². The number of methoxy groups -OCH3 is 1. The zero-order chi connectivity index (χ0) is 15.6. The number of carbonyl (C=O) groups is 2. The average molecular weight is 309 g/mol. The van der Waals surface area contributed by atoms with Crippen molar-refractivity contribution >= 4 is 11.8 Å². The van der Waals surface area contributed by atoms with Gasteiger partial charge in [-0.05, 0) is 31.2 Å². The first-order chi connectivity index (χ1) is 10.6. The van der Waals surface area contributed by atoms with Crippen molar-refractivity contribution in [1.82, 2.24) is 15.1 Å². The molecule has 1 N–H and O–H groups in total. The SMILES string of the molecule is COCCN1CC(C(=O)N2CCC3(CCNC3)CC2)CC1=O. The van der Waals surface area contributed by atoms with Gasteiger partial charge in [0.1, 0.15) is 0 Å². The van der Waals surface area contributed by atoms with Crippen molar-refractivity contribution in [2.45, 2.75) is 25.7 Å². The minimum atomic E-state index is -0.153. The summed E-state index contributed by atoms with van der Waals surface area (Å²) in [6.07, 6.45) is 3.80. The third kappa shape index (κ3) is 3.13. The highest BCUT2D eigenvalue weighted by atomic mass is 16.5. The van der Waals surface area contributed by atoms with Gasteiger partial charge in [-0.3, -0.25) is 9.59 Å². The minimum absolute atomic E-state index is 0.0869. The highest BCUT2D eigenvalue weighted by Crippen LogP contribution is 2.37. The van der Waals surface area contributed by atoms with Gasteiger partial charge in [-0.25, -0.2) is 0 Å². The molecule has 6 nitrogen and oxygen atoms in total. The molecule has 3 saturated heterocycles. The fourth-order valence-electron chi connectivity index (χ4n) is 4.04. The monoisotopic (exact) mass is 309 g/mol. The van der Waals surface area contributed by atoms with Crippen molar-refractivity contribution in [2.75, 3.05) is 53.0 Å². The molecule has 3 rings (SSSR count). The van der Waals surface area contributed by atoms with Gasteiger partial charge in [0.15, 0.2) is 0 Å². The Labute approximate surface area is 132 Å². The van der Waals surface area contributed by atoms with E-state index in [0.717, 1.165) is 39.0 Å². The van der Waals surface area contributed by atoms with Crippen molar-refractivity contribution in [2.24, 2.45) is 11.3 Å². The van der Waals surface area contributed by atoms with E-state index in [2.05, 4.69) is 5.32 Å². The highest BCUT2D eigenvalue weighted by molar-refractivity contribution is 5.89. The molecule has 1 unspecified atom stereocenters. The second-order valence-electron chi connectivity index (χ2n) is 6.99. The standard InChI is InChI=1S/C16H27N3O3/c1-22-9-8-19-11-13(10-14(19)20)15(21)18-6-3-16(4-7-18)2-5-17-12-16/h13,17H,2-12H2,1H3. The summed E-state index contributed by atoms with van der Waals surface area (Å²) in [5.41, 5.74) is 0.423. The number of nitrogens with one attached hydrogen (secondary N) is 1. The summed E-state index contributed by atoms with van der Waals surface area (Å²) in [5.74, 6) is 0.109. The molecule has 3 heterocycles. The first-order valence-corrected chi connectivity index (χ1v) is 8.40. The number of ether oxygens (including phenoxy) is 1. The number of amides is 2. The summed E-state index contributed by atoms with van der Waals surface area (Å²) in [6, 6.07) is 0. The zero-order valence-electron chi connectivity index (χ0n) is 13.5. The second kappa shape index (κ2) is 6.54. The summed E-state index contributed by atoms with van der Waals surface area (Å²) < 4.78 is 5.02. The number of nitrogens with zero attached hydrogens (tertiary/aromatic N) is 2. The van der Waals surface area contributed by atoms with Crippen molar-refractivity contribution in [3.05, 3.63) is 0 Å². The number of hydrogen-bond donors (Lipinski definition) is 1. The lowest BCUT2D eigenvalue weighted by Gasteiger charge is -2.39. The average Bonchev–Trinajstić information content (AvgIpc) is 3.13. The third-order valence-corrected chi connectivity index (χ3v) is 5.60. The van der Waals surface area contributed by atoms with Crippen LogP contribution in [0.3, 0.4) is 0 Å². The smallest absolute Gasteiger partial charge is 0.227 e. The molecule has 124 valence electrons. The van der Waals surface area contributed by atoms with Crippen LogP contribution in [-0.2, 0) is 14.3 Å². The molecule has 0 saturated carbocycles. The Morgan fingerprint density at radius 3 is 2.77 bits per heavy atom. The largest absolute Gasteiger partial charge is 0.383 e. The normalized spacial score (nSPS) is 27.9. The molecule has 0 aromatic carbocycles. The van der Waals surface area contributed by atoms with Crippen molar-refractivity contribution in [3.8, 4) is 0 Å². The summed E-state index contributed by atoms with van der Waals surface area (Å²) in [6.45, 7) is 5.60. The molecule has 3 aliphatic rings. The van der Waals surface area contributed by atoms with Gasteiger partial charge in [-0.1, -0.05) is 0 Å². The maximum Gasteiger partial charge on any atom is 0.227 e. The van der Waals surface area contributed by atoms with Crippen LogP contribution in [0.4, 0.5) is 0 Å². The molecule has 3 aliphatic heterocycles. The van der Waals surface area contributed by atoms with Gasteiger partial charge in [0.05, 0.1) is 12.5 Å². The lowest BCUT2D eigenvalue weighted by molar-refractivity contribution is -0.138. The Balaban J connectivity index is 1.51. The Hall–Kier alpha value is -1.14. The van der Waals surface area contributed by atoms with Gasteiger partial charge in [-0.15, -0.1) is 0 Å². The van der Waals surface area contributed by atoms with E-state index < -0.39 is 0 Å². The number of likely N-dealkylation sites (tertiary alicyclic amines) is 2. The lowest BCUT2D eigenvalue weighted by Crippen LogP contribution is -2.46. The molecule has 0 aromatic heterocycles. The number of carbonyl (C=O) groups excluding carboxylic acids is 2. The molecule has 3 fully saturated rings. The molecular weight excluding hydrogens is 282 g/mol. The van der Waals surface area contributed by atoms with Crippen molar-refractivity contribution in [1.29, 1.82) is 0 Å². The predicted octanol–water partition coefficient (Wildman–Crippen LogP) is 0.0834. The van der Waals surface area contributed by atoms with Gasteiger partial charge in [-0.2, -0.15) is 0 Å². The first-order valence-electron chi connectivity index (χ1n) is 8.40. The van der Waals surface area contributed by atoms with Gasteiger partial charge >= 0.3 is 0 Å². The number of rotatable bonds is 4. The Morgan fingerprint density at radius 1 is 1.36 bits per heavy atom. The van der Waals surface area contributed by atoms with Gasteiger partial charge < -0.3 is 19.9 Å². The summed E-state index contributed by atoms with van der Waals surface area (Å²) >= 11 is 0. The third-order valence-electron chi connectivity index (χ3n) is 5.60. The van der Waals surface area contributed by atoms with E-state index in [1.807, 2.05) is 4.90 Å². The minimum Gasteiger partial charge on any atom is -0.383 e. The van der Waals surface area contributed by atoms with Crippen molar-refractivity contribution in [3.63, 3.8) is 0 Å². The number of hydrogen-bond acceptors (Lipinski definition) is 4. The van der Waals surface area contributed by atoms with Crippen LogP contribution < -0.4 is 5.32 Å². The molecule has 1 spiro atoms. The molecule has 0 radical (unpaired) electrons. The van der Waals surface area contributed by atoms with E-state index in [0.29, 0.717) is 31.5 Å². The van der Waals surface area contributed by atoms with Crippen molar-refractivity contribution < 1.29 is 14.3 Å². The second-order valence-corrected chi connectivity index (χ2v) is 6.99. The topological polar surface area (TPSA) is 61.9 Å². The van der Waals surface area contributed by atoms with Crippen LogP contribution in [0.5, 0.6) is 0 Å². The molecule has 0 bridgehead atoms. The molecule has 0 aliphatic carbocycles. The molecule has 22 heavy (non-hydrogen) atoms. The van der Waals surface area contributed by atoms with E-state index in [1.165, 1.54) is 6.42 Å². The van der Waals surface area contributed by atoms with Crippen LogP contribution in [0.25, 0.3) is 0 Å². The van der Waals surface area contributed by atoms with E-state index in [4.69, 9.17) is 4.74 Å². The van der Waals surface area contributed by atoms with Crippen LogP contribution in [0.15, 0.2) is 0 Å². The van der Waals surface area contributed by atoms with Crippen LogP contribution in [-0.4, -0.2) is 74.6 Å².